The van der Waals surface area contributed by atoms with Crippen LogP contribution in [0.2, 0.25) is 0 Å². The molecule has 0 radical (unpaired) electrons. The van der Waals surface area contributed by atoms with Crippen LogP contribution in [0.15, 0.2) is 0 Å². The summed E-state index contributed by atoms with van der Waals surface area (Å²) in [6, 6.07) is 0.725. The Morgan fingerprint density at radius 2 is 1.82 bits per heavy atom. The fraction of sp³-hybridized carbons (Fsp3) is 1.00. The summed E-state index contributed by atoms with van der Waals surface area (Å²) in [5.41, 5.74) is 0.474. The van der Waals surface area contributed by atoms with Crippen LogP contribution < -0.4 is 5.32 Å². The first-order chi connectivity index (χ1) is 8.05. The molecule has 1 N–H and O–H groups in total. The summed E-state index contributed by atoms with van der Waals surface area (Å²) >= 11 is 0. The van der Waals surface area contributed by atoms with Gasteiger partial charge >= 0.3 is 0 Å². The van der Waals surface area contributed by atoms with Gasteiger partial charge in [-0.05, 0) is 37.5 Å². The summed E-state index contributed by atoms with van der Waals surface area (Å²) in [5, 5.41) is 3.79. The Kier molecular flexibility index (Phi) is 6.54. The van der Waals surface area contributed by atoms with Gasteiger partial charge in [0, 0.05) is 12.6 Å². The maximum atomic E-state index is 3.79. The first-order valence-electron chi connectivity index (χ1n) is 7.78. The monoisotopic (exact) mass is 239 g/mol. The lowest BCUT2D eigenvalue weighted by molar-refractivity contribution is 0.266. The van der Waals surface area contributed by atoms with Crippen LogP contribution in [0.4, 0.5) is 0 Å². The lowest BCUT2D eigenvalue weighted by atomic mass is 9.86. The molecule has 17 heavy (non-hydrogen) atoms. The van der Waals surface area contributed by atoms with Gasteiger partial charge in [0.1, 0.15) is 0 Å². The van der Waals surface area contributed by atoms with Crippen molar-refractivity contribution in [3.63, 3.8) is 0 Å². The highest BCUT2D eigenvalue weighted by Crippen LogP contribution is 2.28. The predicted octanol–water partition coefficient (Wildman–Crippen LogP) is 4.76. The van der Waals surface area contributed by atoms with Crippen molar-refractivity contribution >= 4 is 0 Å². The molecule has 1 heteroatoms. The van der Waals surface area contributed by atoms with Gasteiger partial charge in [-0.25, -0.2) is 0 Å². The Morgan fingerprint density at radius 1 is 1.18 bits per heavy atom. The van der Waals surface area contributed by atoms with Gasteiger partial charge in [0.05, 0.1) is 0 Å². The van der Waals surface area contributed by atoms with E-state index in [1.807, 2.05) is 0 Å². The molecule has 0 aromatic carbocycles. The summed E-state index contributed by atoms with van der Waals surface area (Å²) in [7, 11) is 0. The SMILES string of the molecule is CCCCCC(C)(C)CNC(C)C1CCCC1. The molecular weight excluding hydrogens is 206 g/mol. The zero-order valence-corrected chi connectivity index (χ0v) is 12.5. The highest BCUT2D eigenvalue weighted by molar-refractivity contribution is 4.80. The Balaban J connectivity index is 2.18. The van der Waals surface area contributed by atoms with Gasteiger partial charge in [-0.1, -0.05) is 52.9 Å². The fourth-order valence-corrected chi connectivity index (χ4v) is 3.00. The quantitative estimate of drug-likeness (QED) is 0.602. The van der Waals surface area contributed by atoms with Crippen molar-refractivity contribution in [2.24, 2.45) is 11.3 Å². The van der Waals surface area contributed by atoms with Gasteiger partial charge in [-0.15, -0.1) is 0 Å². The number of rotatable bonds is 8. The minimum absolute atomic E-state index is 0.474. The molecule has 0 saturated heterocycles. The normalized spacial score (nSPS) is 19.8. The first-order valence-corrected chi connectivity index (χ1v) is 7.78. The molecule has 1 nitrogen and oxygen atoms in total. The lowest BCUT2D eigenvalue weighted by Crippen LogP contribution is -2.39. The van der Waals surface area contributed by atoms with Crippen molar-refractivity contribution in [2.75, 3.05) is 6.54 Å². The molecule has 0 aromatic heterocycles. The van der Waals surface area contributed by atoms with Crippen molar-refractivity contribution in [3.8, 4) is 0 Å². The highest BCUT2D eigenvalue weighted by atomic mass is 14.9. The zero-order valence-electron chi connectivity index (χ0n) is 12.5. The minimum Gasteiger partial charge on any atom is -0.313 e. The van der Waals surface area contributed by atoms with Crippen LogP contribution in [0.3, 0.4) is 0 Å². The Morgan fingerprint density at radius 3 is 2.41 bits per heavy atom. The topological polar surface area (TPSA) is 12.0 Å². The van der Waals surface area contributed by atoms with E-state index in [2.05, 4.69) is 33.0 Å². The number of hydrogen-bond donors (Lipinski definition) is 1. The van der Waals surface area contributed by atoms with E-state index in [4.69, 9.17) is 0 Å². The van der Waals surface area contributed by atoms with E-state index in [1.165, 1.54) is 57.9 Å². The minimum atomic E-state index is 0.474. The van der Waals surface area contributed by atoms with Gasteiger partial charge in [0.2, 0.25) is 0 Å². The second kappa shape index (κ2) is 7.41. The van der Waals surface area contributed by atoms with Crippen LogP contribution in [-0.4, -0.2) is 12.6 Å². The second-order valence-electron chi connectivity index (χ2n) is 6.84. The maximum Gasteiger partial charge on any atom is 0.00672 e. The van der Waals surface area contributed by atoms with E-state index in [9.17, 15) is 0 Å². The molecule has 0 aromatic rings. The van der Waals surface area contributed by atoms with Crippen LogP contribution in [0.5, 0.6) is 0 Å². The molecule has 1 aliphatic rings. The molecule has 1 rings (SSSR count). The number of unbranched alkanes of at least 4 members (excludes halogenated alkanes) is 2. The summed E-state index contributed by atoms with van der Waals surface area (Å²) in [4.78, 5) is 0. The Bertz CT molecular complexity index is 192. The standard InChI is InChI=1S/C16H33N/c1-5-6-9-12-16(3,4)13-17-14(2)15-10-7-8-11-15/h14-15,17H,5-13H2,1-4H3. The molecule has 1 saturated carbocycles. The van der Waals surface area contributed by atoms with Gasteiger partial charge in [0.15, 0.2) is 0 Å². The van der Waals surface area contributed by atoms with Crippen molar-refractivity contribution in [3.05, 3.63) is 0 Å². The smallest absolute Gasteiger partial charge is 0.00672 e. The summed E-state index contributed by atoms with van der Waals surface area (Å²) in [6.07, 6.45) is 11.3. The van der Waals surface area contributed by atoms with Crippen molar-refractivity contribution in [1.82, 2.24) is 5.32 Å². The molecule has 1 aliphatic carbocycles. The van der Waals surface area contributed by atoms with Crippen LogP contribution in [0.1, 0.15) is 79.1 Å². The fourth-order valence-electron chi connectivity index (χ4n) is 3.00. The predicted molar refractivity (Wildman–Crippen MR) is 77.3 cm³/mol. The van der Waals surface area contributed by atoms with Gasteiger partial charge in [-0.2, -0.15) is 0 Å². The molecule has 0 bridgehead atoms. The molecule has 1 fully saturated rings. The summed E-state index contributed by atoms with van der Waals surface area (Å²) < 4.78 is 0. The van der Waals surface area contributed by atoms with Crippen LogP contribution in [0.25, 0.3) is 0 Å². The first kappa shape index (κ1) is 15.0. The molecule has 0 aliphatic heterocycles. The molecule has 0 spiro atoms. The van der Waals surface area contributed by atoms with E-state index in [0.29, 0.717) is 5.41 Å². The van der Waals surface area contributed by atoms with E-state index < -0.39 is 0 Å². The van der Waals surface area contributed by atoms with Crippen molar-refractivity contribution in [1.29, 1.82) is 0 Å². The number of hydrogen-bond acceptors (Lipinski definition) is 1. The second-order valence-corrected chi connectivity index (χ2v) is 6.84. The molecular formula is C16H33N. The van der Waals surface area contributed by atoms with E-state index in [1.54, 1.807) is 0 Å². The van der Waals surface area contributed by atoms with Gasteiger partial charge in [0.25, 0.3) is 0 Å². The average molecular weight is 239 g/mol. The average Bonchev–Trinajstić information content (AvgIpc) is 2.80. The molecule has 0 amide bonds. The summed E-state index contributed by atoms with van der Waals surface area (Å²) in [6.45, 7) is 10.7. The van der Waals surface area contributed by atoms with Gasteiger partial charge < -0.3 is 5.32 Å². The third-order valence-electron chi connectivity index (χ3n) is 4.47. The molecule has 1 atom stereocenters. The van der Waals surface area contributed by atoms with E-state index in [0.717, 1.165) is 12.0 Å². The largest absolute Gasteiger partial charge is 0.313 e. The third-order valence-corrected chi connectivity index (χ3v) is 4.47. The molecule has 0 heterocycles. The third kappa shape index (κ3) is 5.90. The molecule has 102 valence electrons. The maximum absolute atomic E-state index is 3.79. The van der Waals surface area contributed by atoms with E-state index >= 15 is 0 Å². The Hall–Kier alpha value is -0.0400. The van der Waals surface area contributed by atoms with Crippen molar-refractivity contribution in [2.45, 2.75) is 85.1 Å². The van der Waals surface area contributed by atoms with Crippen molar-refractivity contribution < 1.29 is 0 Å². The van der Waals surface area contributed by atoms with Crippen LogP contribution >= 0.6 is 0 Å². The van der Waals surface area contributed by atoms with E-state index in [-0.39, 0.29) is 0 Å². The van der Waals surface area contributed by atoms with Gasteiger partial charge in [-0.3, -0.25) is 0 Å². The zero-order chi connectivity index (χ0) is 12.7. The highest BCUT2D eigenvalue weighted by Gasteiger charge is 2.23. The molecule has 1 unspecified atom stereocenters. The van der Waals surface area contributed by atoms with Crippen LogP contribution in [0, 0.1) is 11.3 Å². The number of nitrogens with one attached hydrogen (secondary N) is 1. The lowest BCUT2D eigenvalue weighted by Gasteiger charge is -2.29. The summed E-state index contributed by atoms with van der Waals surface area (Å²) in [5.74, 6) is 0.946. The Labute approximate surface area is 109 Å². The van der Waals surface area contributed by atoms with Crippen LogP contribution in [-0.2, 0) is 0 Å².